The summed E-state index contributed by atoms with van der Waals surface area (Å²) in [5.41, 5.74) is 3.20. The predicted octanol–water partition coefficient (Wildman–Crippen LogP) is 4.35. The highest BCUT2D eigenvalue weighted by molar-refractivity contribution is 5.21. The van der Waals surface area contributed by atoms with Crippen molar-refractivity contribution in [3.8, 4) is 0 Å². The summed E-state index contributed by atoms with van der Waals surface area (Å²) in [6.45, 7) is 11.1. The van der Waals surface area contributed by atoms with Crippen LogP contribution in [0, 0.1) is 10.8 Å². The SMILES string of the molecule is CCC1(CCOCc2ccc(COCCC3(CC)COC3)cc2)COC1. The molecule has 0 radical (unpaired) electrons. The lowest BCUT2D eigenvalue weighted by molar-refractivity contribution is -0.128. The van der Waals surface area contributed by atoms with Crippen LogP contribution >= 0.6 is 0 Å². The van der Waals surface area contributed by atoms with E-state index in [4.69, 9.17) is 18.9 Å². The minimum Gasteiger partial charge on any atom is -0.380 e. The Morgan fingerprint density at radius 1 is 0.731 bits per heavy atom. The van der Waals surface area contributed by atoms with E-state index in [0.29, 0.717) is 24.0 Å². The van der Waals surface area contributed by atoms with Crippen molar-refractivity contribution >= 4 is 0 Å². The Balaban J connectivity index is 1.29. The second kappa shape index (κ2) is 9.32. The van der Waals surface area contributed by atoms with Gasteiger partial charge in [-0.1, -0.05) is 38.1 Å². The van der Waals surface area contributed by atoms with Crippen LogP contribution in [-0.4, -0.2) is 39.6 Å². The number of benzene rings is 1. The van der Waals surface area contributed by atoms with Gasteiger partial charge in [-0.2, -0.15) is 0 Å². The Hall–Kier alpha value is -0.940. The third-order valence-corrected chi connectivity index (χ3v) is 6.25. The molecule has 4 heteroatoms. The Labute approximate surface area is 158 Å². The van der Waals surface area contributed by atoms with Crippen molar-refractivity contribution in [2.45, 2.75) is 52.7 Å². The molecular weight excluding hydrogens is 328 g/mol. The largest absolute Gasteiger partial charge is 0.380 e. The summed E-state index contributed by atoms with van der Waals surface area (Å²) in [4.78, 5) is 0. The molecule has 0 amide bonds. The third kappa shape index (κ3) is 5.07. The third-order valence-electron chi connectivity index (χ3n) is 6.25. The Kier molecular flexibility index (Phi) is 7.10. The molecule has 2 aliphatic rings. The first kappa shape index (κ1) is 19.8. The van der Waals surface area contributed by atoms with Crippen molar-refractivity contribution in [1.29, 1.82) is 0 Å². The molecule has 4 nitrogen and oxygen atoms in total. The zero-order valence-electron chi connectivity index (χ0n) is 16.4. The van der Waals surface area contributed by atoms with Gasteiger partial charge in [0.25, 0.3) is 0 Å². The second-order valence-corrected chi connectivity index (χ2v) is 8.11. The molecule has 1 aromatic carbocycles. The van der Waals surface area contributed by atoms with Crippen LogP contribution in [0.5, 0.6) is 0 Å². The Bertz CT molecular complexity index is 472. The summed E-state index contributed by atoms with van der Waals surface area (Å²) in [7, 11) is 0. The number of ether oxygens (including phenoxy) is 4. The molecule has 26 heavy (non-hydrogen) atoms. The summed E-state index contributed by atoms with van der Waals surface area (Å²) in [5, 5.41) is 0. The van der Waals surface area contributed by atoms with Crippen LogP contribution in [-0.2, 0) is 32.2 Å². The van der Waals surface area contributed by atoms with E-state index < -0.39 is 0 Å². The van der Waals surface area contributed by atoms with Gasteiger partial charge in [-0.15, -0.1) is 0 Å². The van der Waals surface area contributed by atoms with E-state index >= 15 is 0 Å². The van der Waals surface area contributed by atoms with Gasteiger partial charge in [-0.3, -0.25) is 0 Å². The van der Waals surface area contributed by atoms with E-state index in [9.17, 15) is 0 Å². The van der Waals surface area contributed by atoms with E-state index in [1.807, 2.05) is 0 Å². The van der Waals surface area contributed by atoms with Crippen molar-refractivity contribution in [2.75, 3.05) is 39.6 Å². The van der Waals surface area contributed by atoms with Crippen LogP contribution in [0.15, 0.2) is 24.3 Å². The minimum atomic E-state index is 0.378. The molecule has 2 aliphatic heterocycles. The molecular formula is C22H34O4. The van der Waals surface area contributed by atoms with Gasteiger partial charge in [0.05, 0.1) is 39.6 Å². The van der Waals surface area contributed by atoms with Crippen molar-refractivity contribution in [2.24, 2.45) is 10.8 Å². The van der Waals surface area contributed by atoms with Gasteiger partial charge in [0, 0.05) is 24.0 Å². The molecule has 146 valence electrons. The standard InChI is InChI=1S/C22H34O4/c1-3-21(15-25-16-21)9-11-23-13-19-5-7-20(8-6-19)14-24-12-10-22(4-2)17-26-18-22/h5-8H,3-4,9-18H2,1-2H3. The van der Waals surface area contributed by atoms with E-state index in [-0.39, 0.29) is 0 Å². The van der Waals surface area contributed by atoms with Crippen LogP contribution in [0.2, 0.25) is 0 Å². The minimum absolute atomic E-state index is 0.378. The lowest BCUT2D eigenvalue weighted by Gasteiger charge is -2.40. The van der Waals surface area contributed by atoms with Gasteiger partial charge < -0.3 is 18.9 Å². The molecule has 0 saturated carbocycles. The van der Waals surface area contributed by atoms with E-state index in [0.717, 1.165) is 52.5 Å². The van der Waals surface area contributed by atoms with Crippen LogP contribution in [0.4, 0.5) is 0 Å². The fraction of sp³-hybridized carbons (Fsp3) is 0.727. The quantitative estimate of drug-likeness (QED) is 0.518. The number of rotatable bonds is 12. The molecule has 0 bridgehead atoms. The summed E-state index contributed by atoms with van der Waals surface area (Å²) < 4.78 is 22.4. The average Bonchev–Trinajstić information content (AvgIpc) is 2.60. The van der Waals surface area contributed by atoms with Gasteiger partial charge in [-0.25, -0.2) is 0 Å². The van der Waals surface area contributed by atoms with Crippen molar-refractivity contribution in [3.05, 3.63) is 35.4 Å². The van der Waals surface area contributed by atoms with E-state index in [2.05, 4.69) is 38.1 Å². The Morgan fingerprint density at radius 2 is 1.12 bits per heavy atom. The molecule has 2 fully saturated rings. The summed E-state index contributed by atoms with van der Waals surface area (Å²) >= 11 is 0. The lowest BCUT2D eigenvalue weighted by atomic mass is 9.80. The molecule has 0 N–H and O–H groups in total. The van der Waals surface area contributed by atoms with Crippen LogP contribution < -0.4 is 0 Å². The van der Waals surface area contributed by atoms with Crippen LogP contribution in [0.25, 0.3) is 0 Å². The molecule has 0 aliphatic carbocycles. The zero-order valence-corrected chi connectivity index (χ0v) is 16.4. The van der Waals surface area contributed by atoms with Crippen molar-refractivity contribution in [3.63, 3.8) is 0 Å². The highest BCUT2D eigenvalue weighted by atomic mass is 16.5. The van der Waals surface area contributed by atoms with Crippen molar-refractivity contribution in [1.82, 2.24) is 0 Å². The van der Waals surface area contributed by atoms with Gasteiger partial charge in [-0.05, 0) is 36.8 Å². The van der Waals surface area contributed by atoms with E-state index in [1.54, 1.807) is 0 Å². The van der Waals surface area contributed by atoms with E-state index in [1.165, 1.54) is 24.0 Å². The predicted molar refractivity (Wildman–Crippen MR) is 102 cm³/mol. The van der Waals surface area contributed by atoms with Gasteiger partial charge in [0.1, 0.15) is 0 Å². The molecule has 2 saturated heterocycles. The zero-order chi connectivity index (χ0) is 18.3. The second-order valence-electron chi connectivity index (χ2n) is 8.11. The molecule has 0 unspecified atom stereocenters. The summed E-state index contributed by atoms with van der Waals surface area (Å²) in [6, 6.07) is 8.59. The molecule has 3 rings (SSSR count). The maximum atomic E-state index is 5.86. The average molecular weight is 363 g/mol. The summed E-state index contributed by atoms with van der Waals surface area (Å²) in [5.74, 6) is 0. The van der Waals surface area contributed by atoms with Gasteiger partial charge in [0.15, 0.2) is 0 Å². The molecule has 0 atom stereocenters. The first-order chi connectivity index (χ1) is 12.7. The number of hydrogen-bond donors (Lipinski definition) is 0. The molecule has 0 aromatic heterocycles. The van der Waals surface area contributed by atoms with Crippen molar-refractivity contribution < 1.29 is 18.9 Å². The molecule has 1 aromatic rings. The summed E-state index contributed by atoms with van der Waals surface area (Å²) in [6.07, 6.45) is 4.55. The van der Waals surface area contributed by atoms with Crippen LogP contribution in [0.3, 0.4) is 0 Å². The maximum Gasteiger partial charge on any atom is 0.0716 e. The van der Waals surface area contributed by atoms with Gasteiger partial charge >= 0.3 is 0 Å². The van der Waals surface area contributed by atoms with Crippen LogP contribution in [0.1, 0.15) is 50.7 Å². The molecule has 2 heterocycles. The highest BCUT2D eigenvalue weighted by Crippen LogP contribution is 2.35. The number of hydrogen-bond acceptors (Lipinski definition) is 4. The first-order valence-corrected chi connectivity index (χ1v) is 10.1. The normalized spacial score (nSPS) is 20.4. The topological polar surface area (TPSA) is 36.9 Å². The smallest absolute Gasteiger partial charge is 0.0716 e. The Morgan fingerprint density at radius 3 is 1.38 bits per heavy atom. The maximum absolute atomic E-state index is 5.86. The monoisotopic (exact) mass is 362 g/mol. The van der Waals surface area contributed by atoms with Gasteiger partial charge in [0.2, 0.25) is 0 Å². The fourth-order valence-electron chi connectivity index (χ4n) is 3.52. The highest BCUT2D eigenvalue weighted by Gasteiger charge is 2.36. The molecule has 0 spiro atoms. The lowest BCUT2D eigenvalue weighted by Crippen LogP contribution is -2.42. The fourth-order valence-corrected chi connectivity index (χ4v) is 3.52. The first-order valence-electron chi connectivity index (χ1n) is 10.1.